The van der Waals surface area contributed by atoms with Gasteiger partial charge in [-0.05, 0) is 62.6 Å². The minimum Gasteiger partial charge on any atom is -0.426 e. The Hall–Kier alpha value is -1.82. The highest BCUT2D eigenvalue weighted by molar-refractivity contribution is 5.75. The van der Waals surface area contributed by atoms with Crippen LogP contribution in [-0.4, -0.2) is 5.97 Å². The Balaban J connectivity index is 1.75. The number of aryl methyl sites for hydroxylation is 1. The Morgan fingerprint density at radius 3 is 2.24 bits per heavy atom. The summed E-state index contributed by atoms with van der Waals surface area (Å²) in [6.45, 7) is 4.42. The molecule has 0 heterocycles. The first kappa shape index (κ1) is 23.5. The molecule has 3 heteroatoms. The minimum atomic E-state index is -0.218. The van der Waals surface area contributed by atoms with Gasteiger partial charge in [-0.25, -0.2) is 0 Å². The van der Waals surface area contributed by atoms with E-state index in [0.29, 0.717) is 5.75 Å². The molecule has 0 aliphatic heterocycles. The lowest BCUT2D eigenvalue weighted by atomic mass is 9.69. The van der Waals surface area contributed by atoms with Crippen molar-refractivity contribution in [2.45, 2.75) is 104 Å². The summed E-state index contributed by atoms with van der Waals surface area (Å²) in [6, 6.07) is 10.6. The van der Waals surface area contributed by atoms with Crippen molar-refractivity contribution in [2.24, 2.45) is 11.3 Å². The summed E-state index contributed by atoms with van der Waals surface area (Å²) in [6.07, 6.45) is 15.2. The molecule has 0 amide bonds. The maximum Gasteiger partial charge on any atom is 0.314 e. The topological polar surface area (TPSA) is 50.1 Å². The van der Waals surface area contributed by atoms with Gasteiger partial charge in [0.25, 0.3) is 0 Å². The fourth-order valence-electron chi connectivity index (χ4n) is 4.39. The fourth-order valence-corrected chi connectivity index (χ4v) is 4.39. The summed E-state index contributed by atoms with van der Waals surface area (Å²) in [5, 5.41) is 9.66. The van der Waals surface area contributed by atoms with E-state index in [1.807, 2.05) is 12.1 Å². The summed E-state index contributed by atoms with van der Waals surface area (Å²) in [7, 11) is 0. The number of nitrogens with zero attached hydrogens (tertiary/aromatic N) is 1. The van der Waals surface area contributed by atoms with Crippen LogP contribution < -0.4 is 4.74 Å². The highest BCUT2D eigenvalue weighted by atomic mass is 16.5. The molecule has 0 aromatic heterocycles. The number of hydrogen-bond acceptors (Lipinski definition) is 3. The van der Waals surface area contributed by atoms with Crippen molar-refractivity contribution in [1.29, 1.82) is 5.26 Å². The first-order chi connectivity index (χ1) is 14.1. The van der Waals surface area contributed by atoms with Crippen molar-refractivity contribution in [3.8, 4) is 11.8 Å². The zero-order chi connectivity index (χ0) is 21.0. The summed E-state index contributed by atoms with van der Waals surface area (Å²) < 4.78 is 5.64. The van der Waals surface area contributed by atoms with Crippen LogP contribution in [-0.2, 0) is 11.2 Å². The molecule has 0 N–H and O–H groups in total. The van der Waals surface area contributed by atoms with E-state index >= 15 is 0 Å². The highest BCUT2D eigenvalue weighted by Crippen LogP contribution is 2.42. The molecule has 3 nitrogen and oxygen atoms in total. The Kier molecular flexibility index (Phi) is 10.3. The first-order valence-electron chi connectivity index (χ1n) is 11.8. The third kappa shape index (κ3) is 7.84. The van der Waals surface area contributed by atoms with Crippen molar-refractivity contribution >= 4 is 5.97 Å². The van der Waals surface area contributed by atoms with E-state index in [2.05, 4.69) is 32.0 Å². The molecule has 1 aromatic rings. The first-order valence-corrected chi connectivity index (χ1v) is 11.8. The zero-order valence-corrected chi connectivity index (χ0v) is 18.5. The lowest BCUT2D eigenvalue weighted by Crippen LogP contribution is -2.31. The molecule has 1 saturated carbocycles. The molecular weight excluding hydrogens is 358 g/mol. The van der Waals surface area contributed by atoms with E-state index in [0.717, 1.165) is 44.9 Å². The molecule has 0 atom stereocenters. The quantitative estimate of drug-likeness (QED) is 0.210. The molecule has 0 spiro atoms. The maximum absolute atomic E-state index is 12.6. The summed E-state index contributed by atoms with van der Waals surface area (Å²) in [5.41, 5.74) is 1.09. The molecule has 0 saturated heterocycles. The molecule has 0 bridgehead atoms. The lowest BCUT2D eigenvalue weighted by Gasteiger charge is -2.34. The molecule has 1 aliphatic carbocycles. The average molecular weight is 398 g/mol. The van der Waals surface area contributed by atoms with E-state index < -0.39 is 0 Å². The van der Waals surface area contributed by atoms with Gasteiger partial charge in [0.1, 0.15) is 5.75 Å². The molecule has 29 heavy (non-hydrogen) atoms. The molecule has 2 rings (SSSR count). The van der Waals surface area contributed by atoms with Crippen molar-refractivity contribution in [3.63, 3.8) is 0 Å². The van der Waals surface area contributed by atoms with Gasteiger partial charge in [0.05, 0.1) is 17.4 Å². The fraction of sp³-hybridized carbons (Fsp3) is 0.692. The van der Waals surface area contributed by atoms with Crippen LogP contribution in [0.25, 0.3) is 0 Å². The predicted molar refractivity (Wildman–Crippen MR) is 119 cm³/mol. The number of ether oxygens (including phenoxy) is 1. The molecule has 1 fully saturated rings. The van der Waals surface area contributed by atoms with Crippen LogP contribution in [0.4, 0.5) is 0 Å². The van der Waals surface area contributed by atoms with Crippen molar-refractivity contribution < 1.29 is 9.53 Å². The summed E-state index contributed by atoms with van der Waals surface area (Å²) >= 11 is 0. The number of nitriles is 1. The van der Waals surface area contributed by atoms with Crippen molar-refractivity contribution in [2.75, 3.05) is 0 Å². The van der Waals surface area contributed by atoms with E-state index in [1.54, 1.807) is 0 Å². The zero-order valence-electron chi connectivity index (χ0n) is 18.5. The molecule has 0 unspecified atom stereocenters. The molecule has 160 valence electrons. The van der Waals surface area contributed by atoms with Crippen LogP contribution in [0.5, 0.6) is 5.75 Å². The number of rotatable bonds is 12. The van der Waals surface area contributed by atoms with Gasteiger partial charge in [-0.2, -0.15) is 5.26 Å². The van der Waals surface area contributed by atoms with Crippen molar-refractivity contribution in [3.05, 3.63) is 29.8 Å². The van der Waals surface area contributed by atoms with Crippen LogP contribution in [0.1, 0.15) is 103 Å². The second-order valence-electron chi connectivity index (χ2n) is 8.85. The maximum atomic E-state index is 12.6. The number of hydrogen-bond donors (Lipinski definition) is 0. The third-order valence-corrected chi connectivity index (χ3v) is 6.48. The van der Waals surface area contributed by atoms with Crippen LogP contribution >= 0.6 is 0 Å². The van der Waals surface area contributed by atoms with Crippen molar-refractivity contribution in [1.82, 2.24) is 0 Å². The number of esters is 1. The smallest absolute Gasteiger partial charge is 0.314 e. The standard InChI is InChI=1S/C26H39NO2/c1-3-5-7-8-9-11-22-12-14-24(15-13-22)29-25(28)23-16-19-26(21-27,20-17-23)18-10-6-4-2/h12-15,23H,3-11,16-20H2,1-2H3. The number of unbranched alkanes of at least 4 members (excludes halogenated alkanes) is 6. The highest BCUT2D eigenvalue weighted by Gasteiger charge is 2.37. The summed E-state index contributed by atoms with van der Waals surface area (Å²) in [4.78, 5) is 12.6. The second-order valence-corrected chi connectivity index (χ2v) is 8.85. The van der Waals surface area contributed by atoms with Gasteiger partial charge < -0.3 is 4.74 Å². The van der Waals surface area contributed by atoms with Gasteiger partial charge in [-0.3, -0.25) is 4.79 Å². The molecule has 1 aromatic carbocycles. The number of carbonyl (C=O) groups excluding carboxylic acids is 1. The monoisotopic (exact) mass is 397 g/mol. The Labute approximate surface area is 177 Å². The van der Waals surface area contributed by atoms with Crippen LogP contribution in [0, 0.1) is 22.7 Å². The van der Waals surface area contributed by atoms with E-state index in [-0.39, 0.29) is 17.3 Å². The molecule has 0 radical (unpaired) electrons. The Morgan fingerprint density at radius 2 is 1.62 bits per heavy atom. The normalized spacial score (nSPS) is 21.5. The number of carbonyl (C=O) groups is 1. The molecular formula is C26H39NO2. The lowest BCUT2D eigenvalue weighted by molar-refractivity contribution is -0.140. The van der Waals surface area contributed by atoms with Crippen LogP contribution in [0.3, 0.4) is 0 Å². The molecule has 1 aliphatic rings. The van der Waals surface area contributed by atoms with Gasteiger partial charge in [-0.1, -0.05) is 70.9 Å². The van der Waals surface area contributed by atoms with Gasteiger partial charge in [0, 0.05) is 0 Å². The predicted octanol–water partition coefficient (Wildman–Crippen LogP) is 7.39. The van der Waals surface area contributed by atoms with E-state index in [1.165, 1.54) is 50.5 Å². The van der Waals surface area contributed by atoms with E-state index in [4.69, 9.17) is 4.74 Å². The third-order valence-electron chi connectivity index (χ3n) is 6.48. The van der Waals surface area contributed by atoms with Gasteiger partial charge in [0.2, 0.25) is 0 Å². The minimum absolute atomic E-state index is 0.0686. The van der Waals surface area contributed by atoms with Crippen LogP contribution in [0.15, 0.2) is 24.3 Å². The van der Waals surface area contributed by atoms with Gasteiger partial charge in [-0.15, -0.1) is 0 Å². The Bertz CT molecular complexity index is 636. The largest absolute Gasteiger partial charge is 0.426 e. The van der Waals surface area contributed by atoms with E-state index in [9.17, 15) is 10.1 Å². The SMILES string of the molecule is CCCCCCCc1ccc(OC(=O)C2CCC(C#N)(CCCCC)CC2)cc1. The Morgan fingerprint density at radius 1 is 1.00 bits per heavy atom. The van der Waals surface area contributed by atoms with Crippen LogP contribution in [0.2, 0.25) is 0 Å². The number of benzene rings is 1. The average Bonchev–Trinajstić information content (AvgIpc) is 2.75. The van der Waals surface area contributed by atoms with Gasteiger partial charge in [0.15, 0.2) is 0 Å². The second kappa shape index (κ2) is 12.7. The summed E-state index contributed by atoms with van der Waals surface area (Å²) in [5.74, 6) is 0.447. The van der Waals surface area contributed by atoms with Gasteiger partial charge >= 0.3 is 5.97 Å².